The molecule has 0 fully saturated rings. The van der Waals surface area contributed by atoms with Crippen LogP contribution >= 0.6 is 0 Å². The van der Waals surface area contributed by atoms with E-state index in [2.05, 4.69) is 16.7 Å². The van der Waals surface area contributed by atoms with Crippen molar-refractivity contribution in [2.45, 2.75) is 0 Å². The molecular formula is C16H16N2O2. The van der Waals surface area contributed by atoms with Gasteiger partial charge in [-0.1, -0.05) is 30.3 Å². The highest BCUT2D eigenvalue weighted by atomic mass is 16.5. The zero-order valence-electron chi connectivity index (χ0n) is 11.8. The fraction of sp³-hybridized carbons (Fsp3) is 0.188. The smallest absolute Gasteiger partial charge is 0.163 e. The van der Waals surface area contributed by atoms with Crippen molar-refractivity contribution in [3.8, 4) is 22.9 Å². The summed E-state index contributed by atoms with van der Waals surface area (Å²) in [4.78, 5) is 4.69. The minimum Gasteiger partial charge on any atom is -0.493 e. The number of nitrogens with zero attached hydrogens (tertiary/aromatic N) is 2. The van der Waals surface area contributed by atoms with Crippen molar-refractivity contribution < 1.29 is 9.47 Å². The normalized spacial score (nSPS) is 10.8. The fourth-order valence-corrected chi connectivity index (χ4v) is 2.36. The van der Waals surface area contributed by atoms with Crippen LogP contribution in [0.4, 0.5) is 0 Å². The summed E-state index contributed by atoms with van der Waals surface area (Å²) in [6, 6.07) is 14.0. The molecule has 0 spiro atoms. The second kappa shape index (κ2) is 4.89. The molecule has 3 aromatic rings. The largest absolute Gasteiger partial charge is 0.493 e. The van der Waals surface area contributed by atoms with E-state index in [0.29, 0.717) is 11.5 Å². The van der Waals surface area contributed by atoms with Crippen LogP contribution in [0.2, 0.25) is 0 Å². The minimum absolute atomic E-state index is 0.692. The van der Waals surface area contributed by atoms with Crippen LogP contribution in [0.5, 0.6) is 11.5 Å². The standard InChI is InChI=1S/C16H16N2O2/c1-18-13-10-15(20-3)14(19-2)9-12(13)17-16(18)11-7-5-4-6-8-11/h4-10H,1-3H3. The summed E-state index contributed by atoms with van der Waals surface area (Å²) < 4.78 is 12.7. The number of hydrogen-bond donors (Lipinski definition) is 0. The van der Waals surface area contributed by atoms with Gasteiger partial charge in [0.2, 0.25) is 0 Å². The maximum Gasteiger partial charge on any atom is 0.163 e. The fourth-order valence-electron chi connectivity index (χ4n) is 2.36. The Morgan fingerprint density at radius 1 is 0.950 bits per heavy atom. The number of ether oxygens (including phenoxy) is 2. The first-order valence-corrected chi connectivity index (χ1v) is 6.38. The lowest BCUT2D eigenvalue weighted by atomic mass is 10.2. The van der Waals surface area contributed by atoms with Crippen molar-refractivity contribution in [3.63, 3.8) is 0 Å². The highest BCUT2D eigenvalue weighted by Gasteiger charge is 2.13. The molecular weight excluding hydrogens is 252 g/mol. The number of imidazole rings is 1. The van der Waals surface area contributed by atoms with Gasteiger partial charge in [0.05, 0.1) is 25.3 Å². The lowest BCUT2D eigenvalue weighted by molar-refractivity contribution is 0.355. The van der Waals surface area contributed by atoms with E-state index < -0.39 is 0 Å². The summed E-state index contributed by atoms with van der Waals surface area (Å²) >= 11 is 0. The SMILES string of the molecule is COc1cc2nc(-c3ccccc3)n(C)c2cc1OC. The molecule has 0 atom stereocenters. The summed E-state index contributed by atoms with van der Waals surface area (Å²) in [5.74, 6) is 2.33. The van der Waals surface area contributed by atoms with Gasteiger partial charge >= 0.3 is 0 Å². The Morgan fingerprint density at radius 3 is 2.25 bits per heavy atom. The zero-order valence-corrected chi connectivity index (χ0v) is 11.8. The predicted molar refractivity (Wildman–Crippen MR) is 79.3 cm³/mol. The lowest BCUT2D eigenvalue weighted by Gasteiger charge is -2.07. The number of rotatable bonds is 3. The van der Waals surface area contributed by atoms with Crippen LogP contribution in [0.25, 0.3) is 22.4 Å². The van der Waals surface area contributed by atoms with Gasteiger partial charge in [0.15, 0.2) is 11.5 Å². The molecule has 1 aromatic heterocycles. The number of methoxy groups -OCH3 is 2. The predicted octanol–water partition coefficient (Wildman–Crippen LogP) is 3.26. The van der Waals surface area contributed by atoms with Gasteiger partial charge in [-0.3, -0.25) is 0 Å². The maximum atomic E-state index is 5.35. The molecule has 102 valence electrons. The molecule has 20 heavy (non-hydrogen) atoms. The van der Waals surface area contributed by atoms with Crippen LogP contribution in [0.3, 0.4) is 0 Å². The highest BCUT2D eigenvalue weighted by molar-refractivity contribution is 5.84. The molecule has 0 unspecified atom stereocenters. The molecule has 3 rings (SSSR count). The highest BCUT2D eigenvalue weighted by Crippen LogP contribution is 2.33. The summed E-state index contributed by atoms with van der Waals surface area (Å²) in [5.41, 5.74) is 3.00. The second-order valence-corrected chi connectivity index (χ2v) is 4.56. The van der Waals surface area contributed by atoms with E-state index in [1.54, 1.807) is 14.2 Å². The first-order chi connectivity index (χ1) is 9.74. The monoisotopic (exact) mass is 268 g/mol. The van der Waals surface area contributed by atoms with Gasteiger partial charge in [-0.05, 0) is 0 Å². The topological polar surface area (TPSA) is 36.3 Å². The van der Waals surface area contributed by atoms with E-state index in [0.717, 1.165) is 22.4 Å². The van der Waals surface area contributed by atoms with Crippen molar-refractivity contribution >= 4 is 11.0 Å². The minimum atomic E-state index is 0.692. The van der Waals surface area contributed by atoms with Gasteiger partial charge in [-0.25, -0.2) is 4.98 Å². The number of benzene rings is 2. The van der Waals surface area contributed by atoms with E-state index >= 15 is 0 Å². The van der Waals surface area contributed by atoms with Gasteiger partial charge in [0.25, 0.3) is 0 Å². The Hall–Kier alpha value is -2.49. The number of aryl methyl sites for hydroxylation is 1. The molecule has 0 saturated heterocycles. The molecule has 0 N–H and O–H groups in total. The molecule has 4 nitrogen and oxygen atoms in total. The van der Waals surface area contributed by atoms with Crippen LogP contribution in [0.1, 0.15) is 0 Å². The van der Waals surface area contributed by atoms with E-state index in [-0.39, 0.29) is 0 Å². The van der Waals surface area contributed by atoms with Gasteiger partial charge in [-0.15, -0.1) is 0 Å². The Bertz CT molecular complexity index is 748. The Morgan fingerprint density at radius 2 is 1.60 bits per heavy atom. The van der Waals surface area contributed by atoms with Gasteiger partial charge in [0, 0.05) is 24.7 Å². The third kappa shape index (κ3) is 1.90. The summed E-state index contributed by atoms with van der Waals surface area (Å²) in [7, 11) is 5.27. The first-order valence-electron chi connectivity index (χ1n) is 6.38. The van der Waals surface area contributed by atoms with Gasteiger partial charge < -0.3 is 14.0 Å². The van der Waals surface area contributed by atoms with Crippen LogP contribution in [-0.2, 0) is 7.05 Å². The van der Waals surface area contributed by atoms with E-state index in [1.807, 2.05) is 37.4 Å². The van der Waals surface area contributed by atoms with E-state index in [4.69, 9.17) is 14.5 Å². The molecule has 0 aliphatic heterocycles. The molecule has 0 radical (unpaired) electrons. The Labute approximate surface area is 117 Å². The molecule has 0 amide bonds. The molecule has 0 aliphatic rings. The van der Waals surface area contributed by atoms with Gasteiger partial charge in [0.1, 0.15) is 5.82 Å². The molecule has 0 bridgehead atoms. The quantitative estimate of drug-likeness (QED) is 0.731. The molecule has 1 heterocycles. The van der Waals surface area contributed by atoms with Crippen LogP contribution in [0.15, 0.2) is 42.5 Å². The Balaban J connectivity index is 2.25. The summed E-state index contributed by atoms with van der Waals surface area (Å²) in [6.07, 6.45) is 0. The van der Waals surface area contributed by atoms with E-state index in [1.165, 1.54) is 0 Å². The summed E-state index contributed by atoms with van der Waals surface area (Å²) in [5, 5.41) is 0. The molecule has 0 aliphatic carbocycles. The van der Waals surface area contributed by atoms with Crippen molar-refractivity contribution in [2.24, 2.45) is 7.05 Å². The maximum absolute atomic E-state index is 5.35. The third-order valence-corrected chi connectivity index (χ3v) is 3.42. The summed E-state index contributed by atoms with van der Waals surface area (Å²) in [6.45, 7) is 0. The average Bonchev–Trinajstić information content (AvgIpc) is 2.83. The van der Waals surface area contributed by atoms with Crippen LogP contribution in [-0.4, -0.2) is 23.8 Å². The molecule has 0 saturated carbocycles. The van der Waals surface area contributed by atoms with Crippen LogP contribution < -0.4 is 9.47 Å². The zero-order chi connectivity index (χ0) is 14.1. The van der Waals surface area contributed by atoms with Crippen molar-refractivity contribution in [1.29, 1.82) is 0 Å². The average molecular weight is 268 g/mol. The van der Waals surface area contributed by atoms with E-state index in [9.17, 15) is 0 Å². The van der Waals surface area contributed by atoms with Crippen molar-refractivity contribution in [3.05, 3.63) is 42.5 Å². The van der Waals surface area contributed by atoms with Crippen LogP contribution in [0, 0.1) is 0 Å². The lowest BCUT2D eigenvalue weighted by Crippen LogP contribution is -1.93. The van der Waals surface area contributed by atoms with Crippen molar-refractivity contribution in [1.82, 2.24) is 9.55 Å². The Kier molecular flexibility index (Phi) is 3.06. The third-order valence-electron chi connectivity index (χ3n) is 3.42. The number of fused-ring (bicyclic) bond motifs is 1. The number of hydrogen-bond acceptors (Lipinski definition) is 3. The molecule has 4 heteroatoms. The molecule has 2 aromatic carbocycles. The second-order valence-electron chi connectivity index (χ2n) is 4.56. The van der Waals surface area contributed by atoms with Crippen molar-refractivity contribution in [2.75, 3.05) is 14.2 Å². The van der Waals surface area contributed by atoms with Gasteiger partial charge in [-0.2, -0.15) is 0 Å². The first kappa shape index (κ1) is 12.5. The number of aromatic nitrogens is 2.